The van der Waals surface area contributed by atoms with Crippen LogP contribution in [0.5, 0.6) is 0 Å². The Kier molecular flexibility index (Phi) is 3.09. The highest BCUT2D eigenvalue weighted by molar-refractivity contribution is 5.84. The predicted octanol–water partition coefficient (Wildman–Crippen LogP) is 2.04. The summed E-state index contributed by atoms with van der Waals surface area (Å²) >= 11 is 0. The highest BCUT2D eigenvalue weighted by Gasteiger charge is 2.45. The molecule has 1 amide bonds. The highest BCUT2D eigenvalue weighted by atomic mass is 16.2. The Morgan fingerprint density at radius 3 is 2.89 bits per heavy atom. The van der Waals surface area contributed by atoms with Gasteiger partial charge in [-0.05, 0) is 35.3 Å². The number of amides is 1. The first-order chi connectivity index (χ1) is 9.08. The summed E-state index contributed by atoms with van der Waals surface area (Å²) in [4.78, 5) is 12.3. The third-order valence-corrected chi connectivity index (χ3v) is 4.61. The molecule has 1 saturated carbocycles. The molecular weight excluding hydrogens is 236 g/mol. The lowest BCUT2D eigenvalue weighted by atomic mass is 9.94. The van der Waals surface area contributed by atoms with Crippen LogP contribution < -0.4 is 10.6 Å². The lowest BCUT2D eigenvalue weighted by Crippen LogP contribution is -2.42. The molecule has 2 N–H and O–H groups in total. The van der Waals surface area contributed by atoms with E-state index >= 15 is 0 Å². The van der Waals surface area contributed by atoms with Gasteiger partial charge in [0.2, 0.25) is 5.91 Å². The SMILES string of the molecule is CC1(C)CC1CNC(=O)C1NCCc2ccccc21. The van der Waals surface area contributed by atoms with E-state index in [0.717, 1.165) is 25.1 Å². The van der Waals surface area contributed by atoms with Crippen molar-refractivity contribution in [1.29, 1.82) is 0 Å². The largest absolute Gasteiger partial charge is 0.354 e. The number of carbonyl (C=O) groups excluding carboxylic acids is 1. The van der Waals surface area contributed by atoms with Crippen molar-refractivity contribution in [2.45, 2.75) is 32.7 Å². The van der Waals surface area contributed by atoms with Crippen LogP contribution in [0.2, 0.25) is 0 Å². The molecule has 1 aromatic carbocycles. The molecule has 2 unspecified atom stereocenters. The van der Waals surface area contributed by atoms with Crippen molar-refractivity contribution in [3.8, 4) is 0 Å². The Morgan fingerprint density at radius 1 is 1.42 bits per heavy atom. The molecule has 0 saturated heterocycles. The van der Waals surface area contributed by atoms with E-state index in [9.17, 15) is 4.79 Å². The number of nitrogens with one attached hydrogen (secondary N) is 2. The summed E-state index contributed by atoms with van der Waals surface area (Å²) < 4.78 is 0. The lowest BCUT2D eigenvalue weighted by molar-refractivity contribution is -0.123. The van der Waals surface area contributed by atoms with E-state index in [1.54, 1.807) is 0 Å². The number of hydrogen-bond acceptors (Lipinski definition) is 2. The average molecular weight is 258 g/mol. The van der Waals surface area contributed by atoms with E-state index in [1.165, 1.54) is 12.0 Å². The Hall–Kier alpha value is -1.35. The lowest BCUT2D eigenvalue weighted by Gasteiger charge is -2.26. The predicted molar refractivity (Wildman–Crippen MR) is 75.8 cm³/mol. The molecule has 0 spiro atoms. The van der Waals surface area contributed by atoms with Crippen LogP contribution in [0.15, 0.2) is 24.3 Å². The number of benzene rings is 1. The summed E-state index contributed by atoms with van der Waals surface area (Å²) in [7, 11) is 0. The van der Waals surface area contributed by atoms with Crippen molar-refractivity contribution in [2.75, 3.05) is 13.1 Å². The minimum atomic E-state index is -0.174. The highest BCUT2D eigenvalue weighted by Crippen LogP contribution is 2.51. The van der Waals surface area contributed by atoms with Crippen LogP contribution in [0.1, 0.15) is 37.4 Å². The summed E-state index contributed by atoms with van der Waals surface area (Å²) in [5.41, 5.74) is 2.86. The van der Waals surface area contributed by atoms with Gasteiger partial charge in [0.15, 0.2) is 0 Å². The zero-order valence-electron chi connectivity index (χ0n) is 11.7. The van der Waals surface area contributed by atoms with Gasteiger partial charge in [0.1, 0.15) is 6.04 Å². The van der Waals surface area contributed by atoms with Gasteiger partial charge in [-0.2, -0.15) is 0 Å². The Bertz CT molecular complexity index is 495. The molecule has 1 aromatic rings. The van der Waals surface area contributed by atoms with Crippen LogP contribution in [0, 0.1) is 11.3 Å². The van der Waals surface area contributed by atoms with E-state index in [-0.39, 0.29) is 11.9 Å². The normalized spacial score (nSPS) is 27.5. The van der Waals surface area contributed by atoms with E-state index in [2.05, 4.69) is 36.6 Å². The summed E-state index contributed by atoms with van der Waals surface area (Å²) in [5, 5.41) is 6.44. The first-order valence-electron chi connectivity index (χ1n) is 7.17. The van der Waals surface area contributed by atoms with Gasteiger partial charge in [-0.25, -0.2) is 0 Å². The van der Waals surface area contributed by atoms with Crippen molar-refractivity contribution in [3.63, 3.8) is 0 Å². The number of rotatable bonds is 3. The van der Waals surface area contributed by atoms with Gasteiger partial charge in [0.05, 0.1) is 0 Å². The van der Waals surface area contributed by atoms with E-state index in [4.69, 9.17) is 0 Å². The maximum Gasteiger partial charge on any atom is 0.241 e. The average Bonchev–Trinajstić information content (AvgIpc) is 3.03. The summed E-state index contributed by atoms with van der Waals surface area (Å²) in [5.74, 6) is 0.769. The second kappa shape index (κ2) is 4.64. The first kappa shape index (κ1) is 12.7. The van der Waals surface area contributed by atoms with Crippen molar-refractivity contribution in [2.24, 2.45) is 11.3 Å². The molecule has 1 fully saturated rings. The van der Waals surface area contributed by atoms with Crippen molar-refractivity contribution < 1.29 is 4.79 Å². The second-order valence-electron chi connectivity index (χ2n) is 6.47. The molecule has 0 bridgehead atoms. The number of fused-ring (bicyclic) bond motifs is 1. The van der Waals surface area contributed by atoms with Crippen LogP contribution in [0.3, 0.4) is 0 Å². The van der Waals surface area contributed by atoms with Gasteiger partial charge in [-0.15, -0.1) is 0 Å². The topological polar surface area (TPSA) is 41.1 Å². The summed E-state index contributed by atoms with van der Waals surface area (Å²) in [6, 6.07) is 8.07. The Balaban J connectivity index is 1.65. The summed E-state index contributed by atoms with van der Waals surface area (Å²) in [6.45, 7) is 6.21. The van der Waals surface area contributed by atoms with Gasteiger partial charge >= 0.3 is 0 Å². The Labute approximate surface area is 114 Å². The number of hydrogen-bond donors (Lipinski definition) is 2. The smallest absolute Gasteiger partial charge is 0.241 e. The Morgan fingerprint density at radius 2 is 2.16 bits per heavy atom. The van der Waals surface area contributed by atoms with Crippen LogP contribution in [-0.2, 0) is 11.2 Å². The molecule has 1 aliphatic heterocycles. The third kappa shape index (κ3) is 2.52. The maximum absolute atomic E-state index is 12.3. The van der Waals surface area contributed by atoms with Crippen molar-refractivity contribution >= 4 is 5.91 Å². The molecule has 19 heavy (non-hydrogen) atoms. The monoisotopic (exact) mass is 258 g/mol. The maximum atomic E-state index is 12.3. The van der Waals surface area contributed by atoms with Crippen molar-refractivity contribution in [3.05, 3.63) is 35.4 Å². The van der Waals surface area contributed by atoms with Crippen LogP contribution in [-0.4, -0.2) is 19.0 Å². The van der Waals surface area contributed by atoms with Gasteiger partial charge in [-0.3, -0.25) is 4.79 Å². The fourth-order valence-electron chi connectivity index (χ4n) is 2.99. The van der Waals surface area contributed by atoms with E-state index in [0.29, 0.717) is 11.3 Å². The third-order valence-electron chi connectivity index (χ3n) is 4.61. The van der Waals surface area contributed by atoms with Gasteiger partial charge in [-0.1, -0.05) is 38.1 Å². The standard InChI is InChI=1S/C16H22N2O/c1-16(2)9-12(16)10-18-15(19)14-13-6-4-3-5-11(13)7-8-17-14/h3-6,12,14,17H,7-10H2,1-2H3,(H,18,19). The first-order valence-corrected chi connectivity index (χ1v) is 7.17. The van der Waals surface area contributed by atoms with Gasteiger partial charge in [0, 0.05) is 13.1 Å². The fraction of sp³-hybridized carbons (Fsp3) is 0.562. The molecule has 2 aliphatic rings. The van der Waals surface area contributed by atoms with E-state index in [1.807, 2.05) is 12.1 Å². The molecular formula is C16H22N2O. The fourth-order valence-corrected chi connectivity index (χ4v) is 2.99. The molecule has 0 aromatic heterocycles. The zero-order chi connectivity index (χ0) is 13.5. The van der Waals surface area contributed by atoms with Crippen LogP contribution in [0.4, 0.5) is 0 Å². The minimum Gasteiger partial charge on any atom is -0.354 e. The van der Waals surface area contributed by atoms with E-state index < -0.39 is 0 Å². The van der Waals surface area contributed by atoms with Gasteiger partial charge < -0.3 is 10.6 Å². The molecule has 3 heteroatoms. The van der Waals surface area contributed by atoms with Crippen molar-refractivity contribution in [1.82, 2.24) is 10.6 Å². The molecule has 1 heterocycles. The van der Waals surface area contributed by atoms with Crippen LogP contribution >= 0.6 is 0 Å². The zero-order valence-corrected chi connectivity index (χ0v) is 11.7. The van der Waals surface area contributed by atoms with Crippen LogP contribution in [0.25, 0.3) is 0 Å². The van der Waals surface area contributed by atoms with Gasteiger partial charge in [0.25, 0.3) is 0 Å². The molecule has 3 rings (SSSR count). The summed E-state index contributed by atoms with van der Waals surface area (Å²) in [6.07, 6.45) is 2.23. The molecule has 0 radical (unpaired) electrons. The minimum absolute atomic E-state index is 0.120. The number of carbonyl (C=O) groups is 1. The molecule has 3 nitrogen and oxygen atoms in total. The second-order valence-corrected chi connectivity index (χ2v) is 6.47. The molecule has 2 atom stereocenters. The quantitative estimate of drug-likeness (QED) is 0.871. The molecule has 1 aliphatic carbocycles. The molecule has 102 valence electrons.